The predicted molar refractivity (Wildman–Crippen MR) is 138 cm³/mol. The Bertz CT molecular complexity index is 1340. The van der Waals surface area contributed by atoms with Crippen molar-refractivity contribution in [2.24, 2.45) is 0 Å². The maximum absolute atomic E-state index is 13.7. The van der Waals surface area contributed by atoms with Crippen molar-refractivity contribution in [3.8, 4) is 16.9 Å². The van der Waals surface area contributed by atoms with Gasteiger partial charge in [-0.15, -0.1) is 0 Å². The van der Waals surface area contributed by atoms with Crippen LogP contribution in [-0.2, 0) is 0 Å². The summed E-state index contributed by atoms with van der Waals surface area (Å²) >= 11 is 5.97. The minimum atomic E-state index is -0.523. The molecule has 4 aromatic rings. The van der Waals surface area contributed by atoms with Crippen LogP contribution in [0.3, 0.4) is 0 Å². The Hall–Kier alpha value is -3.35. The minimum absolute atomic E-state index is 0.00714. The monoisotopic (exact) mass is 494 g/mol. The van der Waals surface area contributed by atoms with Crippen LogP contribution in [-0.4, -0.2) is 35.3 Å². The number of H-pyrrole nitrogens is 1. The number of carbonyl (C=O) groups is 1. The van der Waals surface area contributed by atoms with Crippen LogP contribution in [0.5, 0.6) is 5.75 Å². The third-order valence-electron chi connectivity index (χ3n) is 6.17. The van der Waals surface area contributed by atoms with Crippen LogP contribution >= 0.6 is 11.6 Å². The van der Waals surface area contributed by atoms with Gasteiger partial charge in [-0.25, -0.2) is 4.39 Å². The van der Waals surface area contributed by atoms with Crippen LogP contribution in [0.2, 0.25) is 5.02 Å². The maximum atomic E-state index is 13.7. The van der Waals surface area contributed by atoms with Crippen LogP contribution in [0.4, 0.5) is 4.39 Å². The first kappa shape index (κ1) is 24.8. The van der Waals surface area contributed by atoms with Crippen LogP contribution in [0, 0.1) is 5.82 Å². The Kier molecular flexibility index (Phi) is 7.73. The molecular weight excluding hydrogens is 467 g/mol. The van der Waals surface area contributed by atoms with Gasteiger partial charge >= 0.3 is 0 Å². The van der Waals surface area contributed by atoms with Gasteiger partial charge in [-0.1, -0.05) is 55.8 Å². The highest BCUT2D eigenvalue weighted by Gasteiger charge is 2.25. The SMILES string of the molecule is CCCOc1ccc(-c2ccc(F)c(Cl)c2)cc1C(=O)NC(CO)[C@H](C)c1c[nH]c2ccccc12. The van der Waals surface area contributed by atoms with Gasteiger partial charge in [0.25, 0.3) is 5.91 Å². The zero-order valence-electron chi connectivity index (χ0n) is 19.6. The van der Waals surface area contributed by atoms with Gasteiger partial charge in [-0.05, 0) is 53.4 Å². The molecule has 0 aliphatic rings. The van der Waals surface area contributed by atoms with Crippen molar-refractivity contribution >= 4 is 28.4 Å². The largest absolute Gasteiger partial charge is 0.493 e. The molecule has 1 heterocycles. The number of hydrogen-bond acceptors (Lipinski definition) is 3. The summed E-state index contributed by atoms with van der Waals surface area (Å²) in [5, 5.41) is 14.2. The fraction of sp³-hybridized carbons (Fsp3) is 0.250. The van der Waals surface area contributed by atoms with E-state index in [-0.39, 0.29) is 23.5 Å². The fourth-order valence-electron chi connectivity index (χ4n) is 4.16. The molecule has 0 fully saturated rings. The van der Waals surface area contributed by atoms with Crippen LogP contribution in [0.25, 0.3) is 22.0 Å². The lowest BCUT2D eigenvalue weighted by Gasteiger charge is -2.24. The summed E-state index contributed by atoms with van der Waals surface area (Å²) < 4.78 is 19.5. The molecule has 0 spiro atoms. The predicted octanol–water partition coefficient (Wildman–Crippen LogP) is 6.31. The van der Waals surface area contributed by atoms with E-state index in [2.05, 4.69) is 10.3 Å². The van der Waals surface area contributed by atoms with Crippen LogP contribution < -0.4 is 10.1 Å². The van der Waals surface area contributed by atoms with Gasteiger partial charge in [0.2, 0.25) is 0 Å². The number of amides is 1. The Morgan fingerprint density at radius 2 is 1.89 bits per heavy atom. The summed E-state index contributed by atoms with van der Waals surface area (Å²) in [6.45, 7) is 4.18. The molecule has 3 aromatic carbocycles. The van der Waals surface area contributed by atoms with Gasteiger partial charge < -0.3 is 20.1 Å². The highest BCUT2D eigenvalue weighted by atomic mass is 35.5. The van der Waals surface area contributed by atoms with E-state index in [1.165, 1.54) is 12.1 Å². The van der Waals surface area contributed by atoms with E-state index in [1.54, 1.807) is 18.2 Å². The number of nitrogens with one attached hydrogen (secondary N) is 2. The lowest BCUT2D eigenvalue weighted by Crippen LogP contribution is -2.41. The number of fused-ring (bicyclic) bond motifs is 1. The second-order valence-corrected chi connectivity index (χ2v) is 8.94. The van der Waals surface area contributed by atoms with E-state index in [1.807, 2.05) is 50.4 Å². The molecule has 0 aliphatic carbocycles. The van der Waals surface area contributed by atoms with E-state index in [0.717, 1.165) is 22.9 Å². The molecule has 1 unspecified atom stereocenters. The number of rotatable bonds is 9. The van der Waals surface area contributed by atoms with Crippen molar-refractivity contribution in [3.05, 3.63) is 88.8 Å². The zero-order valence-corrected chi connectivity index (χ0v) is 20.4. The number of para-hydroxylation sites is 1. The normalized spacial score (nSPS) is 12.9. The minimum Gasteiger partial charge on any atom is -0.493 e. The highest BCUT2D eigenvalue weighted by Crippen LogP contribution is 2.31. The molecule has 0 bridgehead atoms. The molecule has 1 aromatic heterocycles. The summed E-state index contributed by atoms with van der Waals surface area (Å²) in [6, 6.07) is 17.1. The summed E-state index contributed by atoms with van der Waals surface area (Å²) in [4.78, 5) is 16.7. The molecular formula is C28H28ClFN2O3. The number of ether oxygens (including phenoxy) is 1. The van der Waals surface area contributed by atoms with E-state index >= 15 is 0 Å². The topological polar surface area (TPSA) is 74.3 Å². The van der Waals surface area contributed by atoms with Gasteiger partial charge in [0.1, 0.15) is 11.6 Å². The van der Waals surface area contributed by atoms with Crippen LogP contribution in [0.1, 0.15) is 42.1 Å². The molecule has 4 rings (SSSR count). The molecule has 1 amide bonds. The van der Waals surface area contributed by atoms with Crippen molar-refractivity contribution in [1.82, 2.24) is 10.3 Å². The Balaban J connectivity index is 1.64. The number of aromatic amines is 1. The first-order valence-corrected chi connectivity index (χ1v) is 12.0. The summed E-state index contributed by atoms with van der Waals surface area (Å²) in [5.74, 6) is -0.581. The van der Waals surface area contributed by atoms with Crippen molar-refractivity contribution in [2.45, 2.75) is 32.2 Å². The van der Waals surface area contributed by atoms with Crippen molar-refractivity contribution in [1.29, 1.82) is 0 Å². The second kappa shape index (κ2) is 10.9. The van der Waals surface area contributed by atoms with Gasteiger partial charge in [0.05, 0.1) is 29.8 Å². The standard InChI is InChI=1S/C28H28ClFN2O3/c1-3-12-35-27-11-9-18(19-8-10-24(30)23(29)14-19)13-21(27)28(34)32-26(16-33)17(2)22-15-31-25-7-5-4-6-20(22)25/h4-11,13-15,17,26,31,33H,3,12,16H2,1-2H3,(H,32,34)/t17-,26?/m1/s1. The number of aliphatic hydroxyl groups is 1. The molecule has 7 heteroatoms. The number of hydrogen-bond donors (Lipinski definition) is 3. The average Bonchev–Trinajstić information content (AvgIpc) is 3.31. The Labute approximate surface area is 208 Å². The fourth-order valence-corrected chi connectivity index (χ4v) is 4.34. The Morgan fingerprint density at radius 3 is 2.63 bits per heavy atom. The molecule has 3 N–H and O–H groups in total. The summed E-state index contributed by atoms with van der Waals surface area (Å²) in [7, 11) is 0. The number of benzene rings is 3. The molecule has 0 aliphatic heterocycles. The third-order valence-corrected chi connectivity index (χ3v) is 6.46. The Morgan fingerprint density at radius 1 is 1.14 bits per heavy atom. The average molecular weight is 495 g/mol. The van der Waals surface area contributed by atoms with Crippen molar-refractivity contribution in [3.63, 3.8) is 0 Å². The first-order chi connectivity index (χ1) is 16.9. The van der Waals surface area contributed by atoms with E-state index in [0.29, 0.717) is 29.0 Å². The third kappa shape index (κ3) is 5.34. The van der Waals surface area contributed by atoms with Gasteiger partial charge in [0, 0.05) is 23.0 Å². The van der Waals surface area contributed by atoms with Crippen molar-refractivity contribution in [2.75, 3.05) is 13.2 Å². The second-order valence-electron chi connectivity index (χ2n) is 8.53. The highest BCUT2D eigenvalue weighted by molar-refractivity contribution is 6.31. The molecule has 0 saturated heterocycles. The van der Waals surface area contributed by atoms with Gasteiger partial charge in [0.15, 0.2) is 0 Å². The summed E-state index contributed by atoms with van der Waals surface area (Å²) in [6.07, 6.45) is 2.70. The van der Waals surface area contributed by atoms with Crippen molar-refractivity contribution < 1.29 is 19.0 Å². The molecule has 182 valence electrons. The number of aliphatic hydroxyl groups excluding tert-OH is 1. The zero-order chi connectivity index (χ0) is 24.9. The quantitative estimate of drug-likeness (QED) is 0.255. The lowest BCUT2D eigenvalue weighted by atomic mass is 9.93. The maximum Gasteiger partial charge on any atom is 0.255 e. The molecule has 0 saturated carbocycles. The van der Waals surface area contributed by atoms with E-state index in [9.17, 15) is 14.3 Å². The summed E-state index contributed by atoms with van der Waals surface area (Å²) in [5.41, 5.74) is 3.72. The molecule has 5 nitrogen and oxygen atoms in total. The van der Waals surface area contributed by atoms with Crippen LogP contribution in [0.15, 0.2) is 66.9 Å². The van der Waals surface area contributed by atoms with Gasteiger partial charge in [-0.3, -0.25) is 4.79 Å². The number of carbonyl (C=O) groups excluding carboxylic acids is 1. The molecule has 2 atom stereocenters. The molecule has 35 heavy (non-hydrogen) atoms. The number of halogens is 2. The number of aromatic nitrogens is 1. The lowest BCUT2D eigenvalue weighted by molar-refractivity contribution is 0.0903. The van der Waals surface area contributed by atoms with E-state index in [4.69, 9.17) is 16.3 Å². The smallest absolute Gasteiger partial charge is 0.255 e. The van der Waals surface area contributed by atoms with Gasteiger partial charge in [-0.2, -0.15) is 0 Å². The van der Waals surface area contributed by atoms with E-state index < -0.39 is 11.9 Å². The first-order valence-electron chi connectivity index (χ1n) is 11.6. The molecule has 0 radical (unpaired) electrons.